The SMILES string of the molecule is COCc1nc(Nc2ccc(CCCC=O)cc2)c2ncc(-c3ncccc3C(F)(F)F)cc2n1. The predicted molar refractivity (Wildman–Crippen MR) is 125 cm³/mol. The van der Waals surface area contributed by atoms with Gasteiger partial charge < -0.3 is 14.8 Å². The van der Waals surface area contributed by atoms with E-state index in [4.69, 9.17) is 4.74 Å². The van der Waals surface area contributed by atoms with Gasteiger partial charge in [-0.3, -0.25) is 4.98 Å². The van der Waals surface area contributed by atoms with Crippen LogP contribution in [0, 0.1) is 0 Å². The second-order valence-corrected chi connectivity index (χ2v) is 7.79. The van der Waals surface area contributed by atoms with Gasteiger partial charge in [0.1, 0.15) is 18.4 Å². The largest absolute Gasteiger partial charge is 0.418 e. The normalized spacial score (nSPS) is 11.5. The number of pyridine rings is 2. The quantitative estimate of drug-likeness (QED) is 0.249. The number of anilines is 2. The van der Waals surface area contributed by atoms with E-state index < -0.39 is 11.7 Å². The van der Waals surface area contributed by atoms with E-state index in [0.717, 1.165) is 36.4 Å². The lowest BCUT2D eigenvalue weighted by atomic mass is 10.1. The summed E-state index contributed by atoms with van der Waals surface area (Å²) < 4.78 is 45.7. The summed E-state index contributed by atoms with van der Waals surface area (Å²) in [4.78, 5) is 27.7. The molecule has 35 heavy (non-hydrogen) atoms. The van der Waals surface area contributed by atoms with Gasteiger partial charge in [0.05, 0.1) is 16.8 Å². The number of halogens is 3. The van der Waals surface area contributed by atoms with E-state index in [1.54, 1.807) is 0 Å². The van der Waals surface area contributed by atoms with Crippen molar-refractivity contribution in [3.05, 3.63) is 71.8 Å². The van der Waals surface area contributed by atoms with Crippen molar-refractivity contribution in [3.8, 4) is 11.3 Å². The minimum atomic E-state index is -4.56. The Labute approximate surface area is 199 Å². The number of carbonyl (C=O) groups excluding carboxylic acids is 1. The minimum Gasteiger partial charge on any atom is -0.377 e. The number of methoxy groups -OCH3 is 1. The third kappa shape index (κ3) is 5.78. The number of nitrogens with zero attached hydrogens (tertiary/aromatic N) is 4. The summed E-state index contributed by atoms with van der Waals surface area (Å²) in [6.07, 6.45) is 1.09. The predicted octanol–water partition coefficient (Wildman–Crippen LogP) is 5.52. The zero-order valence-corrected chi connectivity index (χ0v) is 18.8. The molecule has 4 aromatic rings. The van der Waals surface area contributed by atoms with Gasteiger partial charge in [0.25, 0.3) is 0 Å². The van der Waals surface area contributed by atoms with Gasteiger partial charge in [-0.2, -0.15) is 13.2 Å². The zero-order valence-electron chi connectivity index (χ0n) is 18.8. The molecular formula is C25H22F3N5O2. The number of aldehydes is 1. The highest BCUT2D eigenvalue weighted by molar-refractivity contribution is 5.89. The van der Waals surface area contributed by atoms with Gasteiger partial charge >= 0.3 is 6.18 Å². The van der Waals surface area contributed by atoms with E-state index in [1.807, 2.05) is 24.3 Å². The van der Waals surface area contributed by atoms with Gasteiger partial charge in [0.15, 0.2) is 11.6 Å². The summed E-state index contributed by atoms with van der Waals surface area (Å²) in [5.41, 5.74) is 1.73. The highest BCUT2D eigenvalue weighted by Crippen LogP contribution is 2.36. The molecule has 0 atom stereocenters. The molecule has 3 heterocycles. The Morgan fingerprint density at radius 1 is 1.09 bits per heavy atom. The molecule has 0 bridgehead atoms. The standard InChI is InChI=1S/C25H22F3N5O2/c1-35-15-21-32-20-13-17(22-19(25(26,27)28)6-4-11-29-22)14-30-23(20)24(33-21)31-18-9-7-16(8-10-18)5-2-3-12-34/h4,6-14H,2-3,5,15H2,1H3,(H,31,32,33). The maximum atomic E-state index is 13.5. The van der Waals surface area contributed by atoms with E-state index >= 15 is 0 Å². The number of nitrogens with one attached hydrogen (secondary N) is 1. The van der Waals surface area contributed by atoms with Crippen molar-refractivity contribution in [2.75, 3.05) is 12.4 Å². The summed E-state index contributed by atoms with van der Waals surface area (Å²) in [5, 5.41) is 3.21. The van der Waals surface area contributed by atoms with E-state index in [-0.39, 0.29) is 17.9 Å². The number of hydrogen-bond acceptors (Lipinski definition) is 7. The Balaban J connectivity index is 1.71. The summed E-state index contributed by atoms with van der Waals surface area (Å²) in [6, 6.07) is 11.4. The van der Waals surface area contributed by atoms with Crippen molar-refractivity contribution in [2.45, 2.75) is 32.0 Å². The Morgan fingerprint density at radius 3 is 2.60 bits per heavy atom. The molecule has 0 saturated heterocycles. The summed E-state index contributed by atoms with van der Waals surface area (Å²) in [5.74, 6) is 0.753. The molecule has 0 spiro atoms. The van der Waals surface area contributed by atoms with Crippen LogP contribution in [0.25, 0.3) is 22.3 Å². The van der Waals surface area contributed by atoms with Crippen molar-refractivity contribution in [1.82, 2.24) is 19.9 Å². The van der Waals surface area contributed by atoms with E-state index in [0.29, 0.717) is 29.1 Å². The number of benzene rings is 1. The van der Waals surface area contributed by atoms with E-state index in [2.05, 4.69) is 25.3 Å². The molecular weight excluding hydrogens is 459 g/mol. The highest BCUT2D eigenvalue weighted by atomic mass is 19.4. The number of hydrogen-bond donors (Lipinski definition) is 1. The van der Waals surface area contributed by atoms with Crippen LogP contribution in [0.5, 0.6) is 0 Å². The number of unbranched alkanes of at least 4 members (excludes halogenated alkanes) is 1. The molecule has 1 aromatic carbocycles. The highest BCUT2D eigenvalue weighted by Gasteiger charge is 2.34. The van der Waals surface area contributed by atoms with Crippen LogP contribution in [0.4, 0.5) is 24.7 Å². The van der Waals surface area contributed by atoms with Crippen molar-refractivity contribution in [2.24, 2.45) is 0 Å². The average molecular weight is 481 g/mol. The van der Waals surface area contributed by atoms with Gasteiger partial charge in [0, 0.05) is 37.2 Å². The fourth-order valence-corrected chi connectivity index (χ4v) is 3.62. The van der Waals surface area contributed by atoms with Crippen LogP contribution in [-0.2, 0) is 28.7 Å². The lowest BCUT2D eigenvalue weighted by Crippen LogP contribution is -2.08. The van der Waals surface area contributed by atoms with Crippen LogP contribution in [-0.4, -0.2) is 33.3 Å². The third-order valence-electron chi connectivity index (χ3n) is 5.25. The maximum absolute atomic E-state index is 13.5. The summed E-state index contributed by atoms with van der Waals surface area (Å²) >= 11 is 0. The number of aryl methyl sites for hydroxylation is 1. The molecule has 7 nitrogen and oxygen atoms in total. The molecule has 180 valence electrons. The Hall–Kier alpha value is -3.92. The first-order valence-electron chi connectivity index (χ1n) is 10.9. The average Bonchev–Trinajstić information content (AvgIpc) is 2.84. The van der Waals surface area contributed by atoms with E-state index in [9.17, 15) is 18.0 Å². The molecule has 0 unspecified atom stereocenters. The lowest BCUT2D eigenvalue weighted by Gasteiger charge is -2.13. The van der Waals surface area contributed by atoms with Gasteiger partial charge in [-0.15, -0.1) is 0 Å². The first-order chi connectivity index (χ1) is 16.9. The van der Waals surface area contributed by atoms with Crippen LogP contribution in [0.15, 0.2) is 54.9 Å². The Kier molecular flexibility index (Phi) is 7.31. The number of carbonyl (C=O) groups is 1. The molecule has 0 fully saturated rings. The second kappa shape index (κ2) is 10.6. The van der Waals surface area contributed by atoms with Crippen molar-refractivity contribution >= 4 is 28.8 Å². The smallest absolute Gasteiger partial charge is 0.377 e. The molecule has 4 rings (SSSR count). The molecule has 0 aliphatic rings. The summed E-state index contributed by atoms with van der Waals surface area (Å²) in [6.45, 7) is 0.113. The van der Waals surface area contributed by atoms with Gasteiger partial charge in [0.2, 0.25) is 0 Å². The molecule has 3 aromatic heterocycles. The van der Waals surface area contributed by atoms with Crippen LogP contribution in [0.3, 0.4) is 0 Å². The lowest BCUT2D eigenvalue weighted by molar-refractivity contribution is -0.137. The van der Waals surface area contributed by atoms with Crippen molar-refractivity contribution in [1.29, 1.82) is 0 Å². The maximum Gasteiger partial charge on any atom is 0.418 e. The van der Waals surface area contributed by atoms with Crippen LogP contribution in [0.1, 0.15) is 29.8 Å². The van der Waals surface area contributed by atoms with Crippen LogP contribution >= 0.6 is 0 Å². The number of rotatable bonds is 9. The van der Waals surface area contributed by atoms with Crippen LogP contribution < -0.4 is 5.32 Å². The van der Waals surface area contributed by atoms with Gasteiger partial charge in [-0.05, 0) is 48.7 Å². The summed E-state index contributed by atoms with van der Waals surface area (Å²) in [7, 11) is 1.50. The molecule has 0 amide bonds. The monoisotopic (exact) mass is 481 g/mol. The van der Waals surface area contributed by atoms with E-state index in [1.165, 1.54) is 31.6 Å². The number of alkyl halides is 3. The van der Waals surface area contributed by atoms with Gasteiger partial charge in [-0.25, -0.2) is 15.0 Å². The number of aromatic nitrogens is 4. The number of ether oxygens (including phenoxy) is 1. The first-order valence-corrected chi connectivity index (χ1v) is 10.9. The van der Waals surface area contributed by atoms with Crippen molar-refractivity contribution in [3.63, 3.8) is 0 Å². The Morgan fingerprint density at radius 2 is 1.89 bits per heavy atom. The zero-order chi connectivity index (χ0) is 24.8. The second-order valence-electron chi connectivity index (χ2n) is 7.79. The molecule has 0 saturated carbocycles. The third-order valence-corrected chi connectivity index (χ3v) is 5.25. The molecule has 10 heteroatoms. The van der Waals surface area contributed by atoms with Gasteiger partial charge in [-0.1, -0.05) is 12.1 Å². The first kappa shape index (κ1) is 24.2. The molecule has 0 aliphatic heterocycles. The Bertz CT molecular complexity index is 1330. The fourth-order valence-electron chi connectivity index (χ4n) is 3.62. The topological polar surface area (TPSA) is 89.9 Å². The number of fused-ring (bicyclic) bond motifs is 1. The molecule has 1 N–H and O–H groups in total. The molecule has 0 radical (unpaired) electrons. The molecule has 0 aliphatic carbocycles. The van der Waals surface area contributed by atoms with Crippen molar-refractivity contribution < 1.29 is 22.7 Å². The van der Waals surface area contributed by atoms with Crippen LogP contribution in [0.2, 0.25) is 0 Å². The minimum absolute atomic E-state index is 0.113. The fraction of sp³-hybridized carbons (Fsp3) is 0.240.